The molecule has 2 saturated heterocycles. The molecule has 8 heteroatoms. The first-order chi connectivity index (χ1) is 18.2. The van der Waals surface area contributed by atoms with E-state index >= 15 is 0 Å². The molecule has 2 aromatic rings. The smallest absolute Gasteiger partial charge is 0.236 e. The normalized spacial score (nSPS) is 23.3. The molecular weight excluding hydrogens is 468 g/mol. The number of amides is 2. The SMILES string of the molecule is O=C(C[C@@H]1CCN2C[C@@H]1C=CCOc1ccccc1CN(Cc1cccnc1)CC2=O)N1CCOCC1. The summed E-state index contributed by atoms with van der Waals surface area (Å²) in [5, 5.41) is 0. The van der Waals surface area contributed by atoms with Crippen LogP contribution in [0.15, 0.2) is 60.9 Å². The Labute approximate surface area is 218 Å². The van der Waals surface area contributed by atoms with Gasteiger partial charge in [0, 0.05) is 63.6 Å². The van der Waals surface area contributed by atoms with Crippen LogP contribution in [0, 0.1) is 11.8 Å². The zero-order valence-electron chi connectivity index (χ0n) is 21.3. The topological polar surface area (TPSA) is 75.2 Å². The van der Waals surface area contributed by atoms with E-state index in [0.717, 1.165) is 23.3 Å². The second kappa shape index (κ2) is 12.3. The molecule has 8 nitrogen and oxygen atoms in total. The predicted octanol–water partition coefficient (Wildman–Crippen LogP) is 2.75. The summed E-state index contributed by atoms with van der Waals surface area (Å²) in [6.45, 7) is 5.85. The van der Waals surface area contributed by atoms with Gasteiger partial charge in [-0.25, -0.2) is 0 Å². The van der Waals surface area contributed by atoms with Gasteiger partial charge >= 0.3 is 0 Å². The van der Waals surface area contributed by atoms with Crippen LogP contribution in [0.5, 0.6) is 5.75 Å². The first-order valence-corrected chi connectivity index (χ1v) is 13.3. The maximum Gasteiger partial charge on any atom is 0.236 e. The van der Waals surface area contributed by atoms with Gasteiger partial charge in [0.15, 0.2) is 0 Å². The number of hydrogen-bond donors (Lipinski definition) is 0. The van der Waals surface area contributed by atoms with Crippen LogP contribution in [0.3, 0.4) is 0 Å². The van der Waals surface area contributed by atoms with Gasteiger partial charge in [0.25, 0.3) is 0 Å². The van der Waals surface area contributed by atoms with Crippen LogP contribution in [0.2, 0.25) is 0 Å². The minimum Gasteiger partial charge on any atom is -0.489 e. The van der Waals surface area contributed by atoms with Gasteiger partial charge in [-0.15, -0.1) is 0 Å². The molecule has 2 fully saturated rings. The number of fused-ring (bicyclic) bond motifs is 3. The fraction of sp³-hybridized carbons (Fsp3) is 0.483. The lowest BCUT2D eigenvalue weighted by Gasteiger charge is -2.39. The molecule has 37 heavy (non-hydrogen) atoms. The molecule has 2 bridgehead atoms. The van der Waals surface area contributed by atoms with Crippen molar-refractivity contribution < 1.29 is 19.1 Å². The Hall–Kier alpha value is -3.23. The third-order valence-electron chi connectivity index (χ3n) is 7.53. The van der Waals surface area contributed by atoms with Crippen molar-refractivity contribution in [3.8, 4) is 5.75 Å². The third-order valence-corrected chi connectivity index (χ3v) is 7.53. The molecule has 1 aromatic heterocycles. The lowest BCUT2D eigenvalue weighted by atomic mass is 9.82. The van der Waals surface area contributed by atoms with E-state index in [2.05, 4.69) is 22.0 Å². The van der Waals surface area contributed by atoms with Crippen LogP contribution in [0.1, 0.15) is 24.0 Å². The Balaban J connectivity index is 1.34. The average molecular weight is 505 g/mol. The number of carbonyl (C=O) groups excluding carboxylic acids is 2. The summed E-state index contributed by atoms with van der Waals surface area (Å²) >= 11 is 0. The number of nitrogens with zero attached hydrogens (tertiary/aromatic N) is 4. The van der Waals surface area contributed by atoms with Crippen molar-refractivity contribution in [1.82, 2.24) is 19.7 Å². The summed E-state index contributed by atoms with van der Waals surface area (Å²) in [7, 11) is 0. The molecule has 0 saturated carbocycles. The van der Waals surface area contributed by atoms with E-state index in [9.17, 15) is 9.59 Å². The largest absolute Gasteiger partial charge is 0.489 e. The van der Waals surface area contributed by atoms with Crippen molar-refractivity contribution in [2.24, 2.45) is 11.8 Å². The number of carbonyl (C=O) groups is 2. The van der Waals surface area contributed by atoms with Crippen molar-refractivity contribution in [2.75, 3.05) is 52.5 Å². The highest BCUT2D eigenvalue weighted by atomic mass is 16.5. The molecule has 4 heterocycles. The maximum absolute atomic E-state index is 13.5. The van der Waals surface area contributed by atoms with Crippen molar-refractivity contribution in [1.29, 1.82) is 0 Å². The standard InChI is InChI=1S/C29H36N4O4/c34-28(32-12-15-36-16-13-32)17-24-9-11-33-21-25(24)7-4-14-37-27-8-2-1-6-26(27)20-31(22-29(33)35)19-23-5-3-10-30-18-23/h1-8,10,18,24-25H,9,11-17,19-22H2/t24-,25-/m0/s1. The number of rotatable bonds is 4. The van der Waals surface area contributed by atoms with E-state index in [1.165, 1.54) is 0 Å². The Morgan fingerprint density at radius 3 is 2.76 bits per heavy atom. The molecule has 1 aromatic carbocycles. The lowest BCUT2D eigenvalue weighted by Crippen LogP contribution is -2.48. The minimum atomic E-state index is 0.120. The Bertz CT molecular complexity index is 1090. The molecule has 2 atom stereocenters. The zero-order chi connectivity index (χ0) is 25.5. The van der Waals surface area contributed by atoms with E-state index in [4.69, 9.17) is 9.47 Å². The first-order valence-electron chi connectivity index (χ1n) is 13.3. The van der Waals surface area contributed by atoms with Crippen LogP contribution >= 0.6 is 0 Å². The molecule has 5 rings (SSSR count). The van der Waals surface area contributed by atoms with Crippen molar-refractivity contribution in [3.63, 3.8) is 0 Å². The number of benzene rings is 1. The highest BCUT2D eigenvalue weighted by Crippen LogP contribution is 2.30. The molecule has 3 aliphatic heterocycles. The van der Waals surface area contributed by atoms with E-state index in [1.807, 2.05) is 52.4 Å². The fourth-order valence-electron chi connectivity index (χ4n) is 5.49. The first kappa shape index (κ1) is 25.4. The number of piperidine rings is 1. The van der Waals surface area contributed by atoms with Crippen molar-refractivity contribution in [3.05, 3.63) is 72.1 Å². The number of morpholine rings is 1. The summed E-state index contributed by atoms with van der Waals surface area (Å²) in [5.41, 5.74) is 2.12. The minimum absolute atomic E-state index is 0.120. The number of aromatic nitrogens is 1. The summed E-state index contributed by atoms with van der Waals surface area (Å²) in [6, 6.07) is 12.0. The average Bonchev–Trinajstić information content (AvgIpc) is 2.94. The zero-order valence-corrected chi connectivity index (χ0v) is 21.3. The van der Waals surface area contributed by atoms with E-state index in [1.54, 1.807) is 6.20 Å². The fourth-order valence-corrected chi connectivity index (χ4v) is 5.49. The Morgan fingerprint density at radius 2 is 1.92 bits per heavy atom. The molecule has 0 N–H and O–H groups in total. The molecule has 0 aliphatic carbocycles. The van der Waals surface area contributed by atoms with E-state index < -0.39 is 0 Å². The quantitative estimate of drug-likeness (QED) is 0.596. The van der Waals surface area contributed by atoms with Gasteiger partial charge in [-0.1, -0.05) is 36.4 Å². The highest BCUT2D eigenvalue weighted by molar-refractivity contribution is 5.79. The van der Waals surface area contributed by atoms with E-state index in [0.29, 0.717) is 72.1 Å². The van der Waals surface area contributed by atoms with E-state index in [-0.39, 0.29) is 23.7 Å². The van der Waals surface area contributed by atoms with Gasteiger partial charge < -0.3 is 19.3 Å². The third kappa shape index (κ3) is 6.76. The van der Waals surface area contributed by atoms with Gasteiger partial charge in [0.1, 0.15) is 12.4 Å². The molecule has 0 unspecified atom stereocenters. The Morgan fingerprint density at radius 1 is 1.05 bits per heavy atom. The van der Waals surface area contributed by atoms with Gasteiger partial charge in [-0.3, -0.25) is 19.5 Å². The van der Waals surface area contributed by atoms with Crippen LogP contribution < -0.4 is 4.74 Å². The second-order valence-electron chi connectivity index (χ2n) is 10.1. The number of pyridine rings is 1. The van der Waals surface area contributed by atoms with Gasteiger partial charge in [-0.05, 0) is 36.0 Å². The van der Waals surface area contributed by atoms with Crippen LogP contribution in [0.4, 0.5) is 0 Å². The molecular formula is C29H36N4O4. The summed E-state index contributed by atoms with van der Waals surface area (Å²) < 4.78 is 11.6. The molecule has 3 aliphatic rings. The van der Waals surface area contributed by atoms with Crippen molar-refractivity contribution in [2.45, 2.75) is 25.9 Å². The summed E-state index contributed by atoms with van der Waals surface area (Å²) in [5.74, 6) is 1.47. The van der Waals surface area contributed by atoms with Gasteiger partial charge in [0.05, 0.1) is 19.8 Å². The summed E-state index contributed by atoms with van der Waals surface area (Å²) in [4.78, 5) is 36.8. The van der Waals surface area contributed by atoms with Gasteiger partial charge in [-0.2, -0.15) is 0 Å². The van der Waals surface area contributed by atoms with Gasteiger partial charge in [0.2, 0.25) is 11.8 Å². The molecule has 0 radical (unpaired) electrons. The Kier molecular flexibility index (Phi) is 8.48. The number of para-hydroxylation sites is 1. The summed E-state index contributed by atoms with van der Waals surface area (Å²) in [6.07, 6.45) is 9.15. The molecule has 0 spiro atoms. The molecule has 2 amide bonds. The van der Waals surface area contributed by atoms with Crippen molar-refractivity contribution >= 4 is 11.8 Å². The van der Waals surface area contributed by atoms with Crippen LogP contribution in [0.25, 0.3) is 0 Å². The van der Waals surface area contributed by atoms with Crippen LogP contribution in [-0.4, -0.2) is 84.0 Å². The number of ether oxygens (including phenoxy) is 2. The highest BCUT2D eigenvalue weighted by Gasteiger charge is 2.33. The monoisotopic (exact) mass is 504 g/mol. The lowest BCUT2D eigenvalue weighted by molar-refractivity contribution is -0.138. The van der Waals surface area contributed by atoms with Crippen LogP contribution in [-0.2, 0) is 27.4 Å². The molecule has 196 valence electrons. The maximum atomic E-state index is 13.5. The second-order valence-corrected chi connectivity index (χ2v) is 10.1. The number of hydrogen-bond acceptors (Lipinski definition) is 6. The predicted molar refractivity (Wildman–Crippen MR) is 140 cm³/mol.